The van der Waals surface area contributed by atoms with Crippen LogP contribution >= 0.6 is 0 Å². The highest BCUT2D eigenvalue weighted by Crippen LogP contribution is 2.18. The van der Waals surface area contributed by atoms with Crippen LogP contribution in [0.2, 0.25) is 0 Å². The van der Waals surface area contributed by atoms with Crippen molar-refractivity contribution in [3.63, 3.8) is 0 Å². The van der Waals surface area contributed by atoms with Gasteiger partial charge in [0.25, 0.3) is 5.91 Å². The van der Waals surface area contributed by atoms with Gasteiger partial charge in [0.1, 0.15) is 22.7 Å². The van der Waals surface area contributed by atoms with Gasteiger partial charge in [-0.15, -0.1) is 0 Å². The van der Waals surface area contributed by atoms with E-state index < -0.39 is 17.0 Å². The van der Waals surface area contributed by atoms with Crippen LogP contribution in [-0.2, 0) is 12.8 Å². The van der Waals surface area contributed by atoms with E-state index in [1.165, 1.54) is 24.3 Å². The third-order valence-corrected chi connectivity index (χ3v) is 6.81. The van der Waals surface area contributed by atoms with E-state index in [1.807, 2.05) is 12.1 Å². The molecule has 1 amide bonds. The quantitative estimate of drug-likeness (QED) is 0.198. The van der Waals surface area contributed by atoms with E-state index in [0.29, 0.717) is 33.8 Å². The average molecular weight is 594 g/mol. The van der Waals surface area contributed by atoms with Gasteiger partial charge in [-0.25, -0.2) is 8.78 Å². The fourth-order valence-corrected chi connectivity index (χ4v) is 4.58. The number of aromatic nitrogens is 1. The minimum absolute atomic E-state index is 0. The molecule has 2 atom stereocenters. The summed E-state index contributed by atoms with van der Waals surface area (Å²) in [5.74, 6) is -1.07. The van der Waals surface area contributed by atoms with E-state index in [-0.39, 0.29) is 30.9 Å². The van der Waals surface area contributed by atoms with Crippen LogP contribution in [0, 0.1) is 34.3 Å². The standard InChI is InChI=1S/C24H18FN3O2.C10H11FN2.CH4/c1-24(14-26,13-15-6-9-17(25)10-7-15)28-23(30)16-8-11-19-21(12-16)27-20-5-3-2-4-18(20)22(19)29;1-10(13,7-12)6-8-2-4-9(11)5-3-8;/h2-12H,13H2,1H3,(H,27,29)(H,28,30);2-5H,6,13H2,1H3;1H4. The number of nitrogens with zero attached hydrogens (tertiary/aromatic N) is 2. The van der Waals surface area contributed by atoms with Gasteiger partial charge in [-0.1, -0.05) is 43.8 Å². The SMILES string of the molecule is C.CC(C#N)(Cc1ccc(F)cc1)NC(=O)c1ccc2c(=O)c3ccccc3[nH]c2c1.CC(N)(C#N)Cc1ccc(F)cc1. The van der Waals surface area contributed by atoms with Crippen molar-refractivity contribution in [2.75, 3.05) is 0 Å². The molecule has 0 saturated carbocycles. The van der Waals surface area contributed by atoms with E-state index >= 15 is 0 Å². The zero-order chi connectivity index (χ0) is 31.2. The van der Waals surface area contributed by atoms with Crippen LogP contribution in [0.1, 0.15) is 42.8 Å². The normalized spacial score (nSPS) is 13.2. The number of hydrogen-bond donors (Lipinski definition) is 3. The highest BCUT2D eigenvalue weighted by molar-refractivity contribution is 6.00. The summed E-state index contributed by atoms with van der Waals surface area (Å²) in [6, 6.07) is 27.9. The van der Waals surface area contributed by atoms with Crippen molar-refractivity contribution >= 4 is 27.7 Å². The molecule has 0 spiro atoms. The first kappa shape index (κ1) is 33.1. The molecule has 0 saturated heterocycles. The number of nitrogens with one attached hydrogen (secondary N) is 2. The second-order valence-electron chi connectivity index (χ2n) is 10.8. The van der Waals surface area contributed by atoms with E-state index in [9.17, 15) is 23.6 Å². The summed E-state index contributed by atoms with van der Waals surface area (Å²) in [6.07, 6.45) is 0.661. The topological polar surface area (TPSA) is 136 Å². The van der Waals surface area contributed by atoms with Crippen molar-refractivity contribution in [2.45, 2.75) is 45.2 Å². The Morgan fingerprint density at radius 1 is 0.818 bits per heavy atom. The molecule has 0 aliphatic heterocycles. The van der Waals surface area contributed by atoms with Crippen LogP contribution in [0.3, 0.4) is 0 Å². The second-order valence-corrected chi connectivity index (χ2v) is 10.8. The fraction of sp³-hybridized carbons (Fsp3) is 0.200. The van der Waals surface area contributed by atoms with Crippen LogP contribution < -0.4 is 16.5 Å². The van der Waals surface area contributed by atoms with Gasteiger partial charge in [-0.2, -0.15) is 10.5 Å². The molecule has 0 aliphatic carbocycles. The Hall–Kier alpha value is -5.38. The van der Waals surface area contributed by atoms with Crippen molar-refractivity contribution in [1.82, 2.24) is 10.3 Å². The van der Waals surface area contributed by atoms with Gasteiger partial charge in [0.2, 0.25) is 0 Å². The number of H-pyrrole nitrogens is 1. The van der Waals surface area contributed by atoms with Gasteiger partial charge in [0, 0.05) is 34.7 Å². The summed E-state index contributed by atoms with van der Waals surface area (Å²) in [6.45, 7) is 3.26. The number of para-hydroxylation sites is 1. The van der Waals surface area contributed by atoms with Crippen LogP contribution in [-0.4, -0.2) is 22.0 Å². The smallest absolute Gasteiger partial charge is 0.252 e. The zero-order valence-corrected chi connectivity index (χ0v) is 23.6. The first-order valence-electron chi connectivity index (χ1n) is 13.4. The van der Waals surface area contributed by atoms with Gasteiger partial charge < -0.3 is 16.0 Å². The molecule has 0 aliphatic rings. The second kappa shape index (κ2) is 13.7. The molecule has 2 unspecified atom stereocenters. The lowest BCUT2D eigenvalue weighted by molar-refractivity contribution is 0.0924. The number of carbonyl (C=O) groups is 1. The lowest BCUT2D eigenvalue weighted by Crippen LogP contribution is -2.46. The molecule has 9 heteroatoms. The number of nitriles is 2. The molecule has 4 N–H and O–H groups in total. The first-order valence-corrected chi connectivity index (χ1v) is 13.4. The van der Waals surface area contributed by atoms with Gasteiger partial charge in [0.15, 0.2) is 5.43 Å². The summed E-state index contributed by atoms with van der Waals surface area (Å²) in [7, 11) is 0. The Morgan fingerprint density at radius 2 is 1.36 bits per heavy atom. The Bertz CT molecular complexity index is 1920. The van der Waals surface area contributed by atoms with Crippen LogP contribution in [0.5, 0.6) is 0 Å². The third kappa shape index (κ3) is 8.13. The maximum absolute atomic E-state index is 13.1. The number of benzene rings is 4. The predicted octanol–water partition coefficient (Wildman–Crippen LogP) is 6.32. The van der Waals surface area contributed by atoms with Crippen molar-refractivity contribution in [3.8, 4) is 12.1 Å². The van der Waals surface area contributed by atoms with E-state index in [4.69, 9.17) is 11.0 Å². The van der Waals surface area contributed by atoms with Gasteiger partial charge >= 0.3 is 0 Å². The van der Waals surface area contributed by atoms with E-state index in [0.717, 1.165) is 11.1 Å². The lowest BCUT2D eigenvalue weighted by Gasteiger charge is -2.23. The largest absolute Gasteiger partial charge is 0.354 e. The van der Waals surface area contributed by atoms with Gasteiger partial charge in [-0.05, 0) is 79.6 Å². The number of hydrogen-bond acceptors (Lipinski definition) is 5. The number of amides is 1. The molecule has 0 fully saturated rings. The highest BCUT2D eigenvalue weighted by atomic mass is 19.1. The van der Waals surface area contributed by atoms with Crippen LogP contribution in [0.4, 0.5) is 8.78 Å². The van der Waals surface area contributed by atoms with Crippen LogP contribution in [0.25, 0.3) is 21.8 Å². The number of aromatic amines is 1. The number of rotatable bonds is 6. The number of nitrogens with two attached hydrogens (primary N) is 1. The maximum Gasteiger partial charge on any atom is 0.252 e. The monoisotopic (exact) mass is 593 g/mol. The number of halogens is 2. The molecular formula is C35H33F2N5O2. The Balaban J connectivity index is 0.000000319. The average Bonchev–Trinajstić information content (AvgIpc) is 2.99. The lowest BCUT2D eigenvalue weighted by atomic mass is 9.93. The van der Waals surface area contributed by atoms with Crippen molar-refractivity contribution in [2.24, 2.45) is 5.73 Å². The molecule has 5 aromatic rings. The summed E-state index contributed by atoms with van der Waals surface area (Å²) in [4.78, 5) is 28.7. The third-order valence-electron chi connectivity index (χ3n) is 6.81. The molecule has 44 heavy (non-hydrogen) atoms. The zero-order valence-electron chi connectivity index (χ0n) is 23.6. The van der Waals surface area contributed by atoms with Gasteiger partial charge in [-0.3, -0.25) is 9.59 Å². The molecule has 0 radical (unpaired) electrons. The fourth-order valence-electron chi connectivity index (χ4n) is 4.58. The van der Waals surface area contributed by atoms with Gasteiger partial charge in [0.05, 0.1) is 17.7 Å². The van der Waals surface area contributed by atoms with E-state index in [2.05, 4.69) is 16.4 Å². The Morgan fingerprint density at radius 3 is 1.93 bits per heavy atom. The number of fused-ring (bicyclic) bond motifs is 2. The van der Waals surface area contributed by atoms with Crippen molar-refractivity contribution in [1.29, 1.82) is 10.5 Å². The highest BCUT2D eigenvalue weighted by Gasteiger charge is 2.27. The number of carbonyl (C=O) groups excluding carboxylic acids is 1. The summed E-state index contributed by atoms with van der Waals surface area (Å²) < 4.78 is 25.6. The molecular weight excluding hydrogens is 560 g/mol. The van der Waals surface area contributed by atoms with Crippen molar-refractivity contribution < 1.29 is 13.6 Å². The minimum atomic E-state index is -1.18. The van der Waals surface area contributed by atoms with Crippen molar-refractivity contribution in [3.05, 3.63) is 130 Å². The molecule has 4 aromatic carbocycles. The molecule has 0 bridgehead atoms. The first-order chi connectivity index (χ1) is 20.4. The molecule has 5 rings (SSSR count). The number of pyridine rings is 1. The maximum atomic E-state index is 13.1. The molecule has 1 aromatic heterocycles. The molecule has 1 heterocycles. The Labute approximate surface area is 254 Å². The molecule has 7 nitrogen and oxygen atoms in total. The van der Waals surface area contributed by atoms with Crippen LogP contribution in [0.15, 0.2) is 95.8 Å². The van der Waals surface area contributed by atoms with E-state index in [1.54, 1.807) is 74.5 Å². The minimum Gasteiger partial charge on any atom is -0.354 e. The predicted molar refractivity (Wildman–Crippen MR) is 169 cm³/mol. The Kier molecular flexibility index (Phi) is 10.3. The summed E-state index contributed by atoms with van der Waals surface area (Å²) >= 11 is 0. The summed E-state index contributed by atoms with van der Waals surface area (Å²) in [5.41, 5.74) is 6.63. The summed E-state index contributed by atoms with van der Waals surface area (Å²) in [5, 5.41) is 22.1. The molecule has 224 valence electrons.